The van der Waals surface area contributed by atoms with Gasteiger partial charge in [-0.2, -0.15) is 5.26 Å². The van der Waals surface area contributed by atoms with Crippen LogP contribution in [0.15, 0.2) is 44.3 Å². The highest BCUT2D eigenvalue weighted by Crippen LogP contribution is 2.28. The minimum atomic E-state index is -3.89. The molecule has 2 aromatic rings. The topological polar surface area (TPSA) is 109 Å². The number of rotatable bonds is 3. The quantitative estimate of drug-likeness (QED) is 0.776. The van der Waals surface area contributed by atoms with Crippen LogP contribution >= 0.6 is 31.9 Å². The molecule has 0 saturated carbocycles. The molecule has 0 aliphatic rings. The van der Waals surface area contributed by atoms with Crippen LogP contribution in [0.1, 0.15) is 5.56 Å². The van der Waals surface area contributed by atoms with Crippen molar-refractivity contribution in [1.29, 1.82) is 5.26 Å². The van der Waals surface area contributed by atoms with E-state index in [9.17, 15) is 8.42 Å². The number of nitrogens with two attached hydrogens (primary N) is 1. The summed E-state index contributed by atoms with van der Waals surface area (Å²) in [6, 6.07) is 7.83. The van der Waals surface area contributed by atoms with Crippen molar-refractivity contribution >= 4 is 53.4 Å². The molecule has 0 atom stereocenters. The molecule has 0 spiro atoms. The SMILES string of the molecule is N#Cc1ccc(NS(=O)(=O)c2cc(Br)cnc2N)c(Br)c1. The van der Waals surface area contributed by atoms with Gasteiger partial charge in [-0.15, -0.1) is 0 Å². The predicted octanol–water partition coefficient (Wildman–Crippen LogP) is 2.86. The van der Waals surface area contributed by atoms with Crippen molar-refractivity contribution in [3.63, 3.8) is 0 Å². The summed E-state index contributed by atoms with van der Waals surface area (Å²) in [5, 5.41) is 8.79. The first kappa shape index (κ1) is 15.8. The first-order valence-corrected chi connectivity index (χ1v) is 8.54. The van der Waals surface area contributed by atoms with E-state index in [4.69, 9.17) is 11.0 Å². The Labute approximate surface area is 138 Å². The Morgan fingerprint density at radius 2 is 2.00 bits per heavy atom. The summed E-state index contributed by atoms with van der Waals surface area (Å²) in [6.07, 6.45) is 1.41. The highest BCUT2D eigenvalue weighted by molar-refractivity contribution is 9.10. The Balaban J connectivity index is 2.43. The van der Waals surface area contributed by atoms with Gasteiger partial charge in [-0.3, -0.25) is 4.72 Å². The molecule has 0 fully saturated rings. The van der Waals surface area contributed by atoms with E-state index < -0.39 is 10.0 Å². The summed E-state index contributed by atoms with van der Waals surface area (Å²) in [5.41, 5.74) is 6.32. The fourth-order valence-corrected chi connectivity index (χ4v) is 3.79. The first-order chi connectivity index (χ1) is 9.83. The second kappa shape index (κ2) is 6.01. The zero-order valence-corrected chi connectivity index (χ0v) is 14.3. The Hall–Kier alpha value is -1.63. The third-order valence-electron chi connectivity index (χ3n) is 2.48. The number of hydrogen-bond acceptors (Lipinski definition) is 5. The number of benzene rings is 1. The van der Waals surface area contributed by atoms with Crippen LogP contribution in [0.5, 0.6) is 0 Å². The zero-order valence-electron chi connectivity index (χ0n) is 10.3. The van der Waals surface area contributed by atoms with Gasteiger partial charge in [0, 0.05) is 15.1 Å². The average molecular weight is 432 g/mol. The van der Waals surface area contributed by atoms with Crippen LogP contribution in [0.3, 0.4) is 0 Å². The van der Waals surface area contributed by atoms with E-state index in [1.54, 1.807) is 0 Å². The average Bonchev–Trinajstić information content (AvgIpc) is 2.43. The zero-order chi connectivity index (χ0) is 15.6. The summed E-state index contributed by atoms with van der Waals surface area (Å²) < 4.78 is 28.0. The molecule has 0 saturated heterocycles. The summed E-state index contributed by atoms with van der Waals surface area (Å²) >= 11 is 6.36. The molecule has 3 N–H and O–H groups in total. The molecule has 108 valence electrons. The van der Waals surface area contributed by atoms with Crippen molar-refractivity contribution < 1.29 is 8.42 Å². The third kappa shape index (κ3) is 3.53. The third-order valence-corrected chi connectivity index (χ3v) is 4.96. The van der Waals surface area contributed by atoms with Crippen LogP contribution in [0.4, 0.5) is 11.5 Å². The Morgan fingerprint density at radius 1 is 1.29 bits per heavy atom. The van der Waals surface area contributed by atoms with Crippen molar-refractivity contribution in [3.05, 3.63) is 45.0 Å². The molecular weight excluding hydrogens is 424 g/mol. The predicted molar refractivity (Wildman–Crippen MR) is 86.0 cm³/mol. The van der Waals surface area contributed by atoms with Crippen LogP contribution in [-0.4, -0.2) is 13.4 Å². The van der Waals surface area contributed by atoms with Crippen LogP contribution in [-0.2, 0) is 10.0 Å². The number of halogens is 2. The van der Waals surface area contributed by atoms with Crippen LogP contribution < -0.4 is 10.5 Å². The molecule has 2 rings (SSSR count). The minimum absolute atomic E-state index is 0.101. The van der Waals surface area contributed by atoms with Crippen LogP contribution in [0, 0.1) is 11.3 Å². The number of nitriles is 1. The first-order valence-electron chi connectivity index (χ1n) is 5.47. The van der Waals surface area contributed by atoms with Crippen molar-refractivity contribution in [2.45, 2.75) is 4.90 Å². The van der Waals surface area contributed by atoms with E-state index in [0.29, 0.717) is 20.2 Å². The summed E-state index contributed by atoms with van der Waals surface area (Å²) in [4.78, 5) is 3.66. The second-order valence-corrected chi connectivity index (χ2v) is 7.37. The fraction of sp³-hybridized carbons (Fsp3) is 0. The second-order valence-electron chi connectivity index (χ2n) is 3.95. The molecular formula is C12H8Br2N4O2S. The van der Waals surface area contributed by atoms with Gasteiger partial charge in [0.15, 0.2) is 0 Å². The molecule has 9 heteroatoms. The molecule has 6 nitrogen and oxygen atoms in total. The molecule has 0 unspecified atom stereocenters. The number of anilines is 2. The molecule has 1 heterocycles. The number of nitrogens with zero attached hydrogens (tertiary/aromatic N) is 2. The number of aromatic nitrogens is 1. The Morgan fingerprint density at radius 3 is 2.62 bits per heavy atom. The number of sulfonamides is 1. The van der Waals surface area contributed by atoms with Gasteiger partial charge in [0.2, 0.25) is 0 Å². The highest BCUT2D eigenvalue weighted by Gasteiger charge is 2.20. The van der Waals surface area contributed by atoms with Gasteiger partial charge in [0.1, 0.15) is 10.7 Å². The smallest absolute Gasteiger partial charge is 0.265 e. The standard InChI is InChI=1S/C12H8Br2N4O2S/c13-8-4-11(12(16)17-6-8)21(19,20)18-10-2-1-7(5-15)3-9(10)14/h1-4,6,18H,(H2,16,17). The Kier molecular flexibility index (Phi) is 4.51. The molecule has 1 aromatic carbocycles. The maximum atomic E-state index is 12.3. The normalized spacial score (nSPS) is 10.9. The molecule has 0 amide bonds. The fourth-order valence-electron chi connectivity index (χ4n) is 1.51. The van der Waals surface area contributed by atoms with Crippen molar-refractivity contribution in [2.75, 3.05) is 10.5 Å². The van der Waals surface area contributed by atoms with Crippen molar-refractivity contribution in [3.8, 4) is 6.07 Å². The lowest BCUT2D eigenvalue weighted by Crippen LogP contribution is -2.16. The van der Waals surface area contributed by atoms with Gasteiger partial charge < -0.3 is 5.73 Å². The largest absolute Gasteiger partial charge is 0.383 e. The number of hydrogen-bond donors (Lipinski definition) is 2. The van der Waals surface area contributed by atoms with Gasteiger partial charge in [0.25, 0.3) is 10.0 Å². The molecule has 0 radical (unpaired) electrons. The summed E-state index contributed by atoms with van der Waals surface area (Å²) in [6.45, 7) is 0. The summed E-state index contributed by atoms with van der Waals surface area (Å²) in [7, 11) is -3.89. The van der Waals surface area contributed by atoms with E-state index in [1.165, 1.54) is 30.5 Å². The molecule has 0 aliphatic heterocycles. The van der Waals surface area contributed by atoms with E-state index in [1.807, 2.05) is 6.07 Å². The summed E-state index contributed by atoms with van der Waals surface area (Å²) in [5.74, 6) is -0.101. The molecule has 0 bridgehead atoms. The van der Waals surface area contributed by atoms with E-state index in [2.05, 4.69) is 41.6 Å². The van der Waals surface area contributed by atoms with Crippen molar-refractivity contribution in [2.24, 2.45) is 0 Å². The van der Waals surface area contributed by atoms with Gasteiger partial charge in [-0.1, -0.05) is 0 Å². The lowest BCUT2D eigenvalue weighted by molar-refractivity contribution is 0.601. The lowest BCUT2D eigenvalue weighted by atomic mass is 10.2. The van der Waals surface area contributed by atoms with Crippen LogP contribution in [0.2, 0.25) is 0 Å². The number of pyridine rings is 1. The monoisotopic (exact) mass is 430 g/mol. The van der Waals surface area contributed by atoms with E-state index in [0.717, 1.165) is 0 Å². The Bertz CT molecular complexity index is 847. The van der Waals surface area contributed by atoms with Gasteiger partial charge >= 0.3 is 0 Å². The van der Waals surface area contributed by atoms with Gasteiger partial charge in [0.05, 0.1) is 17.3 Å². The highest BCUT2D eigenvalue weighted by atomic mass is 79.9. The van der Waals surface area contributed by atoms with E-state index in [-0.39, 0.29) is 10.7 Å². The van der Waals surface area contributed by atoms with Gasteiger partial charge in [-0.05, 0) is 56.1 Å². The maximum Gasteiger partial charge on any atom is 0.265 e. The van der Waals surface area contributed by atoms with Crippen molar-refractivity contribution in [1.82, 2.24) is 4.98 Å². The minimum Gasteiger partial charge on any atom is -0.383 e. The lowest BCUT2D eigenvalue weighted by Gasteiger charge is -2.11. The molecule has 21 heavy (non-hydrogen) atoms. The van der Waals surface area contributed by atoms with E-state index >= 15 is 0 Å². The number of nitrogen functional groups attached to an aromatic ring is 1. The van der Waals surface area contributed by atoms with Crippen LogP contribution in [0.25, 0.3) is 0 Å². The molecule has 1 aromatic heterocycles. The molecule has 0 aliphatic carbocycles. The maximum absolute atomic E-state index is 12.3. The van der Waals surface area contributed by atoms with Gasteiger partial charge in [-0.25, -0.2) is 13.4 Å². The number of nitrogens with one attached hydrogen (secondary N) is 1.